The SMILES string of the molecule is CC1CCC(Nc2ncnc3[nH]cc(C(=O)OC(C)C)c23)CN1. The number of H-pyrrole nitrogens is 1. The summed E-state index contributed by atoms with van der Waals surface area (Å²) in [5, 5.41) is 7.58. The summed E-state index contributed by atoms with van der Waals surface area (Å²) in [4.78, 5) is 23.8. The molecule has 1 aliphatic heterocycles. The maximum atomic E-state index is 12.3. The van der Waals surface area contributed by atoms with Gasteiger partial charge in [0.15, 0.2) is 0 Å². The van der Waals surface area contributed by atoms with Crippen LogP contribution in [0.5, 0.6) is 0 Å². The number of esters is 1. The molecule has 23 heavy (non-hydrogen) atoms. The third kappa shape index (κ3) is 3.44. The molecule has 124 valence electrons. The van der Waals surface area contributed by atoms with Crippen LogP contribution in [0.1, 0.15) is 44.0 Å². The number of piperidine rings is 1. The zero-order valence-corrected chi connectivity index (χ0v) is 13.7. The minimum Gasteiger partial charge on any atom is -0.459 e. The lowest BCUT2D eigenvalue weighted by Crippen LogP contribution is -2.43. The average Bonchev–Trinajstić information content (AvgIpc) is 2.94. The normalized spacial score (nSPS) is 21.6. The maximum Gasteiger partial charge on any atom is 0.340 e. The Morgan fingerprint density at radius 1 is 1.39 bits per heavy atom. The van der Waals surface area contributed by atoms with Crippen LogP contribution in [0.25, 0.3) is 11.0 Å². The Kier molecular flexibility index (Phi) is 4.47. The van der Waals surface area contributed by atoms with Gasteiger partial charge in [-0.3, -0.25) is 0 Å². The first kappa shape index (κ1) is 15.7. The van der Waals surface area contributed by atoms with Gasteiger partial charge in [0.25, 0.3) is 0 Å². The summed E-state index contributed by atoms with van der Waals surface area (Å²) in [5.41, 5.74) is 1.10. The van der Waals surface area contributed by atoms with Crippen molar-refractivity contribution in [2.45, 2.75) is 51.8 Å². The Labute approximate surface area is 135 Å². The van der Waals surface area contributed by atoms with E-state index in [-0.39, 0.29) is 18.1 Å². The largest absolute Gasteiger partial charge is 0.459 e. The minimum absolute atomic E-state index is 0.169. The second kappa shape index (κ2) is 6.54. The van der Waals surface area contributed by atoms with Crippen LogP contribution < -0.4 is 10.6 Å². The monoisotopic (exact) mass is 317 g/mol. The zero-order chi connectivity index (χ0) is 16.4. The number of carbonyl (C=O) groups excluding carboxylic acids is 1. The van der Waals surface area contributed by atoms with Crippen molar-refractivity contribution in [3.05, 3.63) is 18.1 Å². The maximum absolute atomic E-state index is 12.3. The first-order chi connectivity index (χ1) is 11.0. The van der Waals surface area contributed by atoms with Crippen LogP contribution in [0.15, 0.2) is 12.5 Å². The number of rotatable bonds is 4. The molecule has 0 radical (unpaired) electrons. The number of aromatic amines is 1. The molecule has 3 rings (SSSR count). The number of ether oxygens (including phenoxy) is 1. The molecule has 0 saturated carbocycles. The number of nitrogens with one attached hydrogen (secondary N) is 3. The van der Waals surface area contributed by atoms with Crippen molar-refractivity contribution in [1.82, 2.24) is 20.3 Å². The number of anilines is 1. The van der Waals surface area contributed by atoms with Gasteiger partial charge in [0.1, 0.15) is 17.8 Å². The third-order valence-corrected chi connectivity index (χ3v) is 4.03. The van der Waals surface area contributed by atoms with Crippen molar-refractivity contribution in [2.24, 2.45) is 0 Å². The van der Waals surface area contributed by atoms with E-state index >= 15 is 0 Å². The van der Waals surface area contributed by atoms with Gasteiger partial charge in [-0.25, -0.2) is 14.8 Å². The predicted octanol–water partition coefficient (Wildman–Crippen LogP) is 2.08. The summed E-state index contributed by atoms with van der Waals surface area (Å²) in [6.45, 7) is 6.72. The fraction of sp³-hybridized carbons (Fsp3) is 0.562. The van der Waals surface area contributed by atoms with Crippen LogP contribution in [0.2, 0.25) is 0 Å². The summed E-state index contributed by atoms with van der Waals surface area (Å²) in [7, 11) is 0. The summed E-state index contributed by atoms with van der Waals surface area (Å²) in [6, 6.07) is 0.829. The van der Waals surface area contributed by atoms with Crippen molar-refractivity contribution in [3.63, 3.8) is 0 Å². The minimum atomic E-state index is -0.362. The Balaban J connectivity index is 1.88. The number of carbonyl (C=O) groups is 1. The molecule has 1 fully saturated rings. The van der Waals surface area contributed by atoms with Gasteiger partial charge in [-0.2, -0.15) is 0 Å². The quantitative estimate of drug-likeness (QED) is 0.748. The molecule has 7 heteroatoms. The molecule has 2 unspecified atom stereocenters. The van der Waals surface area contributed by atoms with Gasteiger partial charge in [0.05, 0.1) is 17.1 Å². The van der Waals surface area contributed by atoms with Crippen molar-refractivity contribution < 1.29 is 9.53 Å². The summed E-state index contributed by atoms with van der Waals surface area (Å²) < 4.78 is 5.31. The molecule has 3 N–H and O–H groups in total. The van der Waals surface area contributed by atoms with Crippen LogP contribution in [0, 0.1) is 0 Å². The molecule has 0 aliphatic carbocycles. The van der Waals surface area contributed by atoms with Gasteiger partial charge in [-0.1, -0.05) is 0 Å². The van der Waals surface area contributed by atoms with Crippen LogP contribution in [0.4, 0.5) is 5.82 Å². The van der Waals surface area contributed by atoms with E-state index in [1.807, 2.05) is 13.8 Å². The lowest BCUT2D eigenvalue weighted by Gasteiger charge is -2.28. The van der Waals surface area contributed by atoms with E-state index in [1.165, 1.54) is 6.33 Å². The fourth-order valence-corrected chi connectivity index (χ4v) is 2.83. The van der Waals surface area contributed by atoms with Gasteiger partial charge < -0.3 is 20.4 Å². The summed E-state index contributed by atoms with van der Waals surface area (Å²) in [6.07, 6.45) is 5.14. The second-order valence-corrected chi connectivity index (χ2v) is 6.33. The molecule has 1 saturated heterocycles. The first-order valence-electron chi connectivity index (χ1n) is 8.07. The highest BCUT2D eigenvalue weighted by Crippen LogP contribution is 2.25. The van der Waals surface area contributed by atoms with E-state index in [0.29, 0.717) is 28.5 Å². The average molecular weight is 317 g/mol. The highest BCUT2D eigenvalue weighted by atomic mass is 16.5. The molecule has 0 amide bonds. The fourth-order valence-electron chi connectivity index (χ4n) is 2.83. The van der Waals surface area contributed by atoms with E-state index in [2.05, 4.69) is 32.5 Å². The van der Waals surface area contributed by atoms with Crippen LogP contribution >= 0.6 is 0 Å². The molecule has 7 nitrogen and oxygen atoms in total. The molecular weight excluding hydrogens is 294 g/mol. The van der Waals surface area contributed by atoms with Gasteiger partial charge in [0.2, 0.25) is 0 Å². The molecule has 0 spiro atoms. The lowest BCUT2D eigenvalue weighted by molar-refractivity contribution is 0.0380. The van der Waals surface area contributed by atoms with Gasteiger partial charge >= 0.3 is 5.97 Å². The van der Waals surface area contributed by atoms with Crippen molar-refractivity contribution >= 4 is 22.8 Å². The summed E-state index contributed by atoms with van der Waals surface area (Å²) >= 11 is 0. The number of hydrogen-bond acceptors (Lipinski definition) is 6. The molecule has 2 atom stereocenters. The van der Waals surface area contributed by atoms with E-state index in [9.17, 15) is 4.79 Å². The Hall–Kier alpha value is -2.15. The van der Waals surface area contributed by atoms with Gasteiger partial charge in [0, 0.05) is 24.8 Å². The molecule has 0 aromatic carbocycles. The predicted molar refractivity (Wildman–Crippen MR) is 88.5 cm³/mol. The highest BCUT2D eigenvalue weighted by molar-refractivity contribution is 6.07. The summed E-state index contributed by atoms with van der Waals surface area (Å²) in [5.74, 6) is 0.313. The second-order valence-electron chi connectivity index (χ2n) is 6.33. The Bertz CT molecular complexity index is 689. The molecule has 1 aliphatic rings. The van der Waals surface area contributed by atoms with Crippen LogP contribution in [0.3, 0.4) is 0 Å². The smallest absolute Gasteiger partial charge is 0.340 e. The number of aromatic nitrogens is 3. The van der Waals surface area contributed by atoms with E-state index in [0.717, 1.165) is 19.4 Å². The number of nitrogens with zero attached hydrogens (tertiary/aromatic N) is 2. The van der Waals surface area contributed by atoms with Gasteiger partial charge in [-0.15, -0.1) is 0 Å². The van der Waals surface area contributed by atoms with E-state index < -0.39 is 0 Å². The Morgan fingerprint density at radius 2 is 2.22 bits per heavy atom. The Morgan fingerprint density at radius 3 is 2.91 bits per heavy atom. The van der Waals surface area contributed by atoms with Gasteiger partial charge in [-0.05, 0) is 33.6 Å². The zero-order valence-electron chi connectivity index (χ0n) is 13.7. The molecule has 3 heterocycles. The number of hydrogen-bond donors (Lipinski definition) is 3. The van der Waals surface area contributed by atoms with Crippen LogP contribution in [-0.2, 0) is 4.74 Å². The number of fused-ring (bicyclic) bond motifs is 1. The van der Waals surface area contributed by atoms with Crippen molar-refractivity contribution in [2.75, 3.05) is 11.9 Å². The standard InChI is InChI=1S/C16H23N5O2/c1-9(2)23-16(22)12-7-18-14-13(12)15(20-8-19-14)21-11-5-4-10(3)17-6-11/h7-11,17H,4-6H2,1-3H3,(H2,18,19,20,21). The van der Waals surface area contributed by atoms with E-state index in [1.54, 1.807) is 6.20 Å². The first-order valence-corrected chi connectivity index (χ1v) is 8.07. The highest BCUT2D eigenvalue weighted by Gasteiger charge is 2.22. The van der Waals surface area contributed by atoms with Crippen molar-refractivity contribution in [3.8, 4) is 0 Å². The molecule has 2 aromatic heterocycles. The van der Waals surface area contributed by atoms with Crippen LogP contribution in [-0.4, -0.2) is 45.7 Å². The molecular formula is C16H23N5O2. The van der Waals surface area contributed by atoms with E-state index in [4.69, 9.17) is 4.74 Å². The molecule has 2 aromatic rings. The lowest BCUT2D eigenvalue weighted by atomic mass is 10.0. The topological polar surface area (TPSA) is 91.9 Å². The molecule has 0 bridgehead atoms. The third-order valence-electron chi connectivity index (χ3n) is 4.03. The van der Waals surface area contributed by atoms with Crippen molar-refractivity contribution in [1.29, 1.82) is 0 Å².